The maximum Gasteiger partial charge on any atom is 0.256 e. The molecule has 1 aliphatic rings. The number of amides is 3. The van der Waals surface area contributed by atoms with Crippen LogP contribution in [0.3, 0.4) is 0 Å². The zero-order valence-electron chi connectivity index (χ0n) is 19.0. The summed E-state index contributed by atoms with van der Waals surface area (Å²) in [5, 5.41) is 5.71. The third-order valence-corrected chi connectivity index (χ3v) is 5.97. The monoisotopic (exact) mass is 455 g/mol. The van der Waals surface area contributed by atoms with Crippen LogP contribution in [0.25, 0.3) is 0 Å². The summed E-state index contributed by atoms with van der Waals surface area (Å²) in [6.45, 7) is 3.28. The third-order valence-electron chi connectivity index (χ3n) is 5.97. The summed E-state index contributed by atoms with van der Waals surface area (Å²) in [4.78, 5) is 40.2. The van der Waals surface area contributed by atoms with Crippen molar-refractivity contribution in [3.05, 3.63) is 71.0 Å². The fraction of sp³-hybridized carbons (Fsp3) is 0.400. The summed E-state index contributed by atoms with van der Waals surface area (Å²) in [7, 11) is 1.55. The summed E-state index contributed by atoms with van der Waals surface area (Å²) in [6, 6.07) is 12.4. The standard InChI is InChI=1S/C25H30FN3O4/c1-17-7-3-4-8-19(17)23(30)28-22(24(31)27-13-16-33-2)18-11-14-29(15-12-18)25(32)20-9-5-6-10-21(20)26/h3-10,18,22H,11-16H2,1-2H3,(H,27,31)(H,28,30). The SMILES string of the molecule is COCCNC(=O)C(NC(=O)c1ccccc1C)C1CCN(C(=O)c2ccccc2F)CC1. The van der Waals surface area contributed by atoms with E-state index in [1.165, 1.54) is 12.1 Å². The fourth-order valence-electron chi connectivity index (χ4n) is 4.07. The summed E-state index contributed by atoms with van der Waals surface area (Å²) in [6.07, 6.45) is 1.02. The zero-order valence-corrected chi connectivity index (χ0v) is 19.0. The number of nitrogens with zero attached hydrogens (tertiary/aromatic N) is 1. The minimum absolute atomic E-state index is 0.0395. The van der Waals surface area contributed by atoms with Gasteiger partial charge in [0.2, 0.25) is 5.91 Å². The molecule has 33 heavy (non-hydrogen) atoms. The second kappa shape index (κ2) is 11.6. The predicted molar refractivity (Wildman–Crippen MR) is 122 cm³/mol. The minimum atomic E-state index is -0.750. The normalized spacial score (nSPS) is 15.1. The van der Waals surface area contributed by atoms with E-state index in [1.54, 1.807) is 36.3 Å². The lowest BCUT2D eigenvalue weighted by atomic mass is 9.88. The molecule has 1 saturated heterocycles. The number of likely N-dealkylation sites (tertiary alicyclic amines) is 1. The summed E-state index contributed by atoms with van der Waals surface area (Å²) >= 11 is 0. The molecule has 1 aliphatic heterocycles. The van der Waals surface area contributed by atoms with E-state index in [0.29, 0.717) is 44.6 Å². The molecule has 2 aromatic rings. The van der Waals surface area contributed by atoms with Crippen molar-refractivity contribution in [3.63, 3.8) is 0 Å². The van der Waals surface area contributed by atoms with Crippen LogP contribution in [-0.2, 0) is 9.53 Å². The molecule has 1 unspecified atom stereocenters. The molecule has 1 atom stereocenters. The van der Waals surface area contributed by atoms with Crippen LogP contribution in [0, 0.1) is 18.7 Å². The molecule has 0 bridgehead atoms. The van der Waals surface area contributed by atoms with Crippen LogP contribution in [0.1, 0.15) is 39.1 Å². The molecule has 3 amide bonds. The molecular weight excluding hydrogens is 425 g/mol. The Hall–Kier alpha value is -3.26. The summed E-state index contributed by atoms with van der Waals surface area (Å²) < 4.78 is 19.0. The molecule has 0 spiro atoms. The Morgan fingerprint density at radius 2 is 1.70 bits per heavy atom. The van der Waals surface area contributed by atoms with Gasteiger partial charge in [0.05, 0.1) is 12.2 Å². The van der Waals surface area contributed by atoms with Gasteiger partial charge in [-0.1, -0.05) is 30.3 Å². The number of carbonyl (C=O) groups is 3. The minimum Gasteiger partial charge on any atom is -0.383 e. The van der Waals surface area contributed by atoms with Gasteiger partial charge in [0.1, 0.15) is 11.9 Å². The Morgan fingerprint density at radius 3 is 2.33 bits per heavy atom. The first-order valence-electron chi connectivity index (χ1n) is 11.1. The number of halogens is 1. The summed E-state index contributed by atoms with van der Waals surface area (Å²) in [5.41, 5.74) is 1.37. The molecule has 0 saturated carbocycles. The highest BCUT2D eigenvalue weighted by atomic mass is 19.1. The lowest BCUT2D eigenvalue weighted by Crippen LogP contribution is -2.54. The van der Waals surface area contributed by atoms with Gasteiger partial charge >= 0.3 is 0 Å². The number of methoxy groups -OCH3 is 1. The van der Waals surface area contributed by atoms with Gasteiger partial charge in [-0.05, 0) is 49.4 Å². The van der Waals surface area contributed by atoms with Crippen LogP contribution in [0.4, 0.5) is 4.39 Å². The van der Waals surface area contributed by atoms with E-state index in [-0.39, 0.29) is 29.2 Å². The van der Waals surface area contributed by atoms with E-state index in [0.717, 1.165) is 5.56 Å². The van der Waals surface area contributed by atoms with Gasteiger partial charge in [-0.3, -0.25) is 14.4 Å². The number of nitrogens with one attached hydrogen (secondary N) is 2. The highest BCUT2D eigenvalue weighted by Gasteiger charge is 2.34. The first-order chi connectivity index (χ1) is 15.9. The highest BCUT2D eigenvalue weighted by molar-refractivity contribution is 5.98. The highest BCUT2D eigenvalue weighted by Crippen LogP contribution is 2.24. The van der Waals surface area contributed by atoms with Gasteiger partial charge in [0.25, 0.3) is 11.8 Å². The number of rotatable bonds is 8. The van der Waals surface area contributed by atoms with Crippen molar-refractivity contribution in [2.75, 3.05) is 33.4 Å². The van der Waals surface area contributed by atoms with Gasteiger partial charge in [-0.15, -0.1) is 0 Å². The molecule has 2 N–H and O–H groups in total. The van der Waals surface area contributed by atoms with E-state index >= 15 is 0 Å². The van der Waals surface area contributed by atoms with Crippen LogP contribution in [0.2, 0.25) is 0 Å². The van der Waals surface area contributed by atoms with Crippen LogP contribution >= 0.6 is 0 Å². The van der Waals surface area contributed by atoms with E-state index in [1.807, 2.05) is 19.1 Å². The van der Waals surface area contributed by atoms with Gasteiger partial charge in [0.15, 0.2) is 0 Å². The van der Waals surface area contributed by atoms with Crippen LogP contribution in [0.5, 0.6) is 0 Å². The van der Waals surface area contributed by atoms with Crippen LogP contribution in [-0.4, -0.2) is 62.0 Å². The van der Waals surface area contributed by atoms with E-state index in [2.05, 4.69) is 10.6 Å². The van der Waals surface area contributed by atoms with Crippen molar-refractivity contribution in [2.24, 2.45) is 5.92 Å². The van der Waals surface area contributed by atoms with Gasteiger partial charge < -0.3 is 20.3 Å². The van der Waals surface area contributed by atoms with E-state index in [9.17, 15) is 18.8 Å². The molecule has 8 heteroatoms. The second-order valence-corrected chi connectivity index (χ2v) is 8.16. The Bertz CT molecular complexity index is 989. The first kappa shape index (κ1) is 24.4. The number of hydrogen-bond donors (Lipinski definition) is 2. The average Bonchev–Trinajstić information content (AvgIpc) is 2.83. The molecule has 1 fully saturated rings. The number of carbonyl (C=O) groups excluding carboxylic acids is 3. The van der Waals surface area contributed by atoms with Crippen molar-refractivity contribution in [2.45, 2.75) is 25.8 Å². The van der Waals surface area contributed by atoms with Crippen molar-refractivity contribution in [1.29, 1.82) is 0 Å². The topological polar surface area (TPSA) is 87.7 Å². The van der Waals surface area contributed by atoms with Crippen molar-refractivity contribution in [1.82, 2.24) is 15.5 Å². The Kier molecular flexibility index (Phi) is 8.54. The maximum atomic E-state index is 14.0. The third kappa shape index (κ3) is 6.16. The number of aryl methyl sites for hydroxylation is 1. The predicted octanol–water partition coefficient (Wildman–Crippen LogP) is 2.55. The Morgan fingerprint density at radius 1 is 1.06 bits per heavy atom. The lowest BCUT2D eigenvalue weighted by Gasteiger charge is -2.36. The molecule has 0 radical (unpaired) electrons. The van der Waals surface area contributed by atoms with Crippen LogP contribution in [0.15, 0.2) is 48.5 Å². The number of benzene rings is 2. The van der Waals surface area contributed by atoms with Crippen molar-refractivity contribution < 1.29 is 23.5 Å². The maximum absolute atomic E-state index is 14.0. The van der Waals surface area contributed by atoms with Gasteiger partial charge in [-0.2, -0.15) is 0 Å². The lowest BCUT2D eigenvalue weighted by molar-refractivity contribution is -0.124. The number of piperidine rings is 1. The quantitative estimate of drug-likeness (QED) is 0.599. The Balaban J connectivity index is 1.70. The fourth-order valence-corrected chi connectivity index (χ4v) is 4.07. The van der Waals surface area contributed by atoms with Crippen LogP contribution < -0.4 is 10.6 Å². The zero-order chi connectivity index (χ0) is 23.8. The number of ether oxygens (including phenoxy) is 1. The summed E-state index contributed by atoms with van der Waals surface area (Å²) in [5.74, 6) is -1.68. The molecule has 176 valence electrons. The Labute approximate surface area is 193 Å². The smallest absolute Gasteiger partial charge is 0.256 e. The van der Waals surface area contributed by atoms with E-state index in [4.69, 9.17) is 4.74 Å². The molecule has 0 aliphatic carbocycles. The van der Waals surface area contributed by atoms with Gasteiger partial charge in [0, 0.05) is 32.3 Å². The average molecular weight is 456 g/mol. The molecule has 1 heterocycles. The molecule has 7 nitrogen and oxygen atoms in total. The molecule has 0 aromatic heterocycles. The number of hydrogen-bond acceptors (Lipinski definition) is 4. The largest absolute Gasteiger partial charge is 0.383 e. The first-order valence-corrected chi connectivity index (χ1v) is 11.1. The second-order valence-electron chi connectivity index (χ2n) is 8.16. The molecular formula is C25H30FN3O4. The molecule has 3 rings (SSSR count). The van der Waals surface area contributed by atoms with Gasteiger partial charge in [-0.25, -0.2) is 4.39 Å². The molecule has 2 aromatic carbocycles. The van der Waals surface area contributed by atoms with E-state index < -0.39 is 11.9 Å². The van der Waals surface area contributed by atoms with Crippen molar-refractivity contribution in [3.8, 4) is 0 Å². The van der Waals surface area contributed by atoms with Crippen molar-refractivity contribution >= 4 is 17.7 Å².